The number of rotatable bonds is 6. The van der Waals surface area contributed by atoms with Crippen molar-refractivity contribution in [1.82, 2.24) is 30.0 Å². The van der Waals surface area contributed by atoms with Gasteiger partial charge in [-0.15, -0.1) is 0 Å². The molecule has 2 amide bonds. The molecule has 0 aliphatic carbocycles. The number of urea groups is 1. The number of hydrogen-bond donors (Lipinski definition) is 2. The van der Waals surface area contributed by atoms with E-state index in [2.05, 4.69) is 37.6 Å². The fraction of sp³-hybridized carbons (Fsp3) is 0.316. The fourth-order valence-corrected chi connectivity index (χ4v) is 2.79. The molecule has 0 fully saturated rings. The second kappa shape index (κ2) is 8.39. The van der Waals surface area contributed by atoms with Crippen LogP contribution in [0.3, 0.4) is 0 Å². The van der Waals surface area contributed by atoms with Gasteiger partial charge >= 0.3 is 6.03 Å². The van der Waals surface area contributed by atoms with Crippen LogP contribution in [0, 0.1) is 6.92 Å². The van der Waals surface area contributed by atoms with Crippen molar-refractivity contribution < 1.29 is 4.79 Å². The van der Waals surface area contributed by atoms with Gasteiger partial charge in [0.15, 0.2) is 0 Å². The molecule has 2 aromatic heterocycles. The highest BCUT2D eigenvalue weighted by atomic mass is 16.2. The molecule has 8 nitrogen and oxygen atoms in total. The summed E-state index contributed by atoms with van der Waals surface area (Å²) < 4.78 is 1.81. The Balaban J connectivity index is 1.67. The fourth-order valence-electron chi connectivity index (χ4n) is 2.79. The van der Waals surface area contributed by atoms with E-state index in [4.69, 9.17) is 0 Å². The zero-order valence-corrected chi connectivity index (χ0v) is 15.7. The zero-order valence-electron chi connectivity index (χ0n) is 15.7. The minimum atomic E-state index is -0.301. The van der Waals surface area contributed by atoms with Crippen LogP contribution in [0.4, 0.5) is 10.5 Å². The van der Waals surface area contributed by atoms with Crippen LogP contribution < -0.4 is 10.6 Å². The Bertz CT molecular complexity index is 922. The number of anilines is 1. The molecule has 27 heavy (non-hydrogen) atoms. The maximum atomic E-state index is 12.4. The number of nitrogens with zero attached hydrogens (tertiary/aromatic N) is 5. The Morgan fingerprint density at radius 3 is 2.89 bits per heavy atom. The van der Waals surface area contributed by atoms with Crippen molar-refractivity contribution >= 4 is 11.7 Å². The summed E-state index contributed by atoms with van der Waals surface area (Å²) in [6.07, 6.45) is 4.18. The van der Waals surface area contributed by atoms with E-state index in [-0.39, 0.29) is 12.1 Å². The van der Waals surface area contributed by atoms with Crippen molar-refractivity contribution in [3.8, 4) is 11.3 Å². The van der Waals surface area contributed by atoms with E-state index < -0.39 is 0 Å². The standard InChI is InChI=1S/C19H23N7O/c1-4-10-26-18(21-12-22-26)13(2)23-19(27)25-16-7-5-6-15(11-16)17-8-9-20-14(3)24-17/h5-9,11-13H,4,10H2,1-3H3,(H2,23,25,27)/t13-/m1/s1. The molecule has 2 N–H and O–H groups in total. The highest BCUT2D eigenvalue weighted by Crippen LogP contribution is 2.21. The third-order valence-electron chi connectivity index (χ3n) is 4.01. The first-order chi connectivity index (χ1) is 13.1. The largest absolute Gasteiger partial charge is 0.328 e. The molecule has 3 aromatic rings. The Kier molecular flexibility index (Phi) is 5.75. The summed E-state index contributed by atoms with van der Waals surface area (Å²) in [7, 11) is 0. The molecule has 0 aliphatic heterocycles. The summed E-state index contributed by atoms with van der Waals surface area (Å²) in [6.45, 7) is 6.57. The maximum absolute atomic E-state index is 12.4. The molecule has 0 spiro atoms. The number of carbonyl (C=O) groups is 1. The minimum absolute atomic E-state index is 0.258. The molecule has 2 heterocycles. The lowest BCUT2D eigenvalue weighted by atomic mass is 10.1. The van der Waals surface area contributed by atoms with Crippen LogP contribution in [-0.4, -0.2) is 30.8 Å². The lowest BCUT2D eigenvalue weighted by molar-refractivity contribution is 0.248. The van der Waals surface area contributed by atoms with Gasteiger partial charge in [-0.25, -0.2) is 24.4 Å². The van der Waals surface area contributed by atoms with Crippen LogP contribution in [0.5, 0.6) is 0 Å². The predicted octanol–water partition coefficient (Wildman–Crippen LogP) is 3.34. The van der Waals surface area contributed by atoms with Crippen molar-refractivity contribution in [2.24, 2.45) is 0 Å². The minimum Gasteiger partial charge on any atom is -0.328 e. The van der Waals surface area contributed by atoms with Crippen molar-refractivity contribution in [2.75, 3.05) is 5.32 Å². The van der Waals surface area contributed by atoms with Crippen LogP contribution in [0.1, 0.15) is 38.0 Å². The molecule has 8 heteroatoms. The van der Waals surface area contributed by atoms with Gasteiger partial charge in [0.25, 0.3) is 0 Å². The second-order valence-electron chi connectivity index (χ2n) is 6.23. The Hall–Kier alpha value is -3.29. The third kappa shape index (κ3) is 4.66. The molecule has 0 bridgehead atoms. The number of amides is 2. The molecular weight excluding hydrogens is 342 g/mol. The first kappa shape index (κ1) is 18.5. The molecule has 0 radical (unpaired) electrons. The molecular formula is C19H23N7O. The van der Waals surface area contributed by atoms with E-state index in [1.165, 1.54) is 6.33 Å². The molecule has 3 rings (SSSR count). The topological polar surface area (TPSA) is 97.6 Å². The van der Waals surface area contributed by atoms with Crippen molar-refractivity contribution in [3.63, 3.8) is 0 Å². The number of benzene rings is 1. The second-order valence-corrected chi connectivity index (χ2v) is 6.23. The lowest BCUT2D eigenvalue weighted by Crippen LogP contribution is -2.32. The van der Waals surface area contributed by atoms with Crippen LogP contribution in [0.25, 0.3) is 11.3 Å². The highest BCUT2D eigenvalue weighted by Gasteiger charge is 2.15. The molecule has 0 saturated heterocycles. The average molecular weight is 365 g/mol. The molecule has 0 saturated carbocycles. The van der Waals surface area contributed by atoms with E-state index in [0.717, 1.165) is 30.0 Å². The summed E-state index contributed by atoms with van der Waals surface area (Å²) in [6, 6.07) is 8.82. The van der Waals surface area contributed by atoms with E-state index in [1.54, 1.807) is 6.20 Å². The first-order valence-corrected chi connectivity index (χ1v) is 8.92. The van der Waals surface area contributed by atoms with Gasteiger partial charge in [0.05, 0.1) is 11.7 Å². The Morgan fingerprint density at radius 1 is 1.26 bits per heavy atom. The van der Waals surface area contributed by atoms with Crippen LogP contribution >= 0.6 is 0 Å². The monoisotopic (exact) mass is 365 g/mol. The Labute approximate surface area is 158 Å². The summed E-state index contributed by atoms with van der Waals surface area (Å²) in [4.78, 5) is 25.2. The van der Waals surface area contributed by atoms with Gasteiger partial charge in [-0.1, -0.05) is 19.1 Å². The van der Waals surface area contributed by atoms with E-state index >= 15 is 0 Å². The van der Waals surface area contributed by atoms with Gasteiger partial charge in [-0.05, 0) is 38.5 Å². The first-order valence-electron chi connectivity index (χ1n) is 8.92. The molecule has 1 aromatic carbocycles. The van der Waals surface area contributed by atoms with Gasteiger partial charge in [-0.2, -0.15) is 5.10 Å². The summed E-state index contributed by atoms with van der Waals surface area (Å²) in [5.74, 6) is 1.44. The highest BCUT2D eigenvalue weighted by molar-refractivity contribution is 5.90. The van der Waals surface area contributed by atoms with Gasteiger partial charge in [0, 0.05) is 24.0 Å². The van der Waals surface area contributed by atoms with Crippen LogP contribution in [0.2, 0.25) is 0 Å². The average Bonchev–Trinajstić information content (AvgIpc) is 3.10. The molecule has 0 unspecified atom stereocenters. The van der Waals surface area contributed by atoms with Gasteiger partial charge < -0.3 is 10.6 Å². The number of nitrogens with one attached hydrogen (secondary N) is 2. The number of hydrogen-bond acceptors (Lipinski definition) is 5. The van der Waals surface area contributed by atoms with Crippen LogP contribution in [-0.2, 0) is 6.54 Å². The van der Waals surface area contributed by atoms with Crippen molar-refractivity contribution in [3.05, 3.63) is 54.5 Å². The number of aryl methyl sites for hydroxylation is 2. The number of carbonyl (C=O) groups excluding carboxylic acids is 1. The SMILES string of the molecule is CCCn1ncnc1[C@@H](C)NC(=O)Nc1cccc(-c2ccnc(C)n2)c1. The predicted molar refractivity (Wildman–Crippen MR) is 103 cm³/mol. The maximum Gasteiger partial charge on any atom is 0.319 e. The van der Waals surface area contributed by atoms with Crippen molar-refractivity contribution in [1.29, 1.82) is 0 Å². The Morgan fingerprint density at radius 2 is 2.11 bits per heavy atom. The van der Waals surface area contributed by atoms with Gasteiger partial charge in [0.1, 0.15) is 18.0 Å². The number of aromatic nitrogens is 5. The third-order valence-corrected chi connectivity index (χ3v) is 4.01. The van der Waals surface area contributed by atoms with E-state index in [1.807, 2.05) is 48.9 Å². The van der Waals surface area contributed by atoms with Crippen LogP contribution in [0.15, 0.2) is 42.9 Å². The molecule has 0 aliphatic rings. The smallest absolute Gasteiger partial charge is 0.319 e. The summed E-state index contributed by atoms with van der Waals surface area (Å²) >= 11 is 0. The summed E-state index contributed by atoms with van der Waals surface area (Å²) in [5, 5.41) is 9.95. The normalized spacial score (nSPS) is 11.8. The van der Waals surface area contributed by atoms with Gasteiger partial charge in [-0.3, -0.25) is 0 Å². The van der Waals surface area contributed by atoms with E-state index in [9.17, 15) is 4.79 Å². The van der Waals surface area contributed by atoms with E-state index in [0.29, 0.717) is 11.5 Å². The molecule has 140 valence electrons. The van der Waals surface area contributed by atoms with Gasteiger partial charge in [0.2, 0.25) is 0 Å². The lowest BCUT2D eigenvalue weighted by Gasteiger charge is -2.15. The van der Waals surface area contributed by atoms with Crippen molar-refractivity contribution in [2.45, 2.75) is 39.8 Å². The molecule has 1 atom stereocenters. The zero-order chi connectivity index (χ0) is 19.2. The quantitative estimate of drug-likeness (QED) is 0.698. The summed E-state index contributed by atoms with van der Waals surface area (Å²) in [5.41, 5.74) is 2.41.